The summed E-state index contributed by atoms with van der Waals surface area (Å²) in [6.07, 6.45) is 0.710. The van der Waals surface area contributed by atoms with Gasteiger partial charge in [0.1, 0.15) is 5.75 Å². The first-order chi connectivity index (χ1) is 23.7. The lowest BCUT2D eigenvalue weighted by Gasteiger charge is -2.40. The van der Waals surface area contributed by atoms with Crippen molar-refractivity contribution in [1.29, 1.82) is 0 Å². The lowest BCUT2D eigenvalue weighted by molar-refractivity contribution is -0.118. The fourth-order valence-electron chi connectivity index (χ4n) is 7.70. The summed E-state index contributed by atoms with van der Waals surface area (Å²) < 4.78 is 5.49. The van der Waals surface area contributed by atoms with Crippen LogP contribution in [0.5, 0.6) is 5.75 Å². The molecule has 6 rings (SSSR count). The van der Waals surface area contributed by atoms with Crippen LogP contribution in [0.1, 0.15) is 70.5 Å². The fraction of sp³-hybridized carbons (Fsp3) is 0.308. The number of ether oxygens (including phenoxy) is 1. The third kappa shape index (κ3) is 6.65. The fourth-order valence-corrected chi connectivity index (χ4v) is 8.13. The van der Waals surface area contributed by atoms with Crippen molar-refractivity contribution in [2.75, 3.05) is 23.9 Å². The van der Waals surface area contributed by atoms with Gasteiger partial charge >= 0.3 is 11.9 Å². The van der Waals surface area contributed by atoms with Crippen molar-refractivity contribution in [3.8, 4) is 5.75 Å². The summed E-state index contributed by atoms with van der Waals surface area (Å²) in [5, 5.41) is 26.9. The van der Waals surface area contributed by atoms with E-state index in [2.05, 4.69) is 36.3 Å². The number of carboxylic acids is 2. The maximum atomic E-state index is 14.6. The van der Waals surface area contributed by atoms with E-state index in [1.165, 1.54) is 25.3 Å². The molecule has 0 aliphatic carbocycles. The van der Waals surface area contributed by atoms with Gasteiger partial charge in [0.2, 0.25) is 5.91 Å². The Labute approximate surface area is 301 Å². The molecule has 4 N–H and O–H groups in total. The molecule has 0 saturated carbocycles. The maximum Gasteiger partial charge on any atom is 0.335 e. The van der Waals surface area contributed by atoms with E-state index in [9.17, 15) is 24.6 Å². The highest BCUT2D eigenvalue weighted by Crippen LogP contribution is 2.59. The molecule has 1 spiro atoms. The Morgan fingerprint density at radius 3 is 2.26 bits per heavy atom. The lowest BCUT2D eigenvalue weighted by Crippen LogP contribution is -2.48. The average molecular weight is 717 g/mol. The van der Waals surface area contributed by atoms with E-state index in [-0.39, 0.29) is 34.2 Å². The molecule has 4 aromatic rings. The topological polar surface area (TPSA) is 128 Å². The van der Waals surface area contributed by atoms with Crippen molar-refractivity contribution in [1.82, 2.24) is 5.32 Å². The van der Waals surface area contributed by atoms with E-state index in [4.69, 9.17) is 27.9 Å². The van der Waals surface area contributed by atoms with E-state index in [0.29, 0.717) is 35.2 Å². The molecule has 0 bridgehead atoms. The highest BCUT2D eigenvalue weighted by molar-refractivity contribution is 6.31. The Kier molecular flexibility index (Phi) is 9.61. The molecule has 11 heteroatoms. The molecule has 2 heterocycles. The molecule has 1 saturated heterocycles. The zero-order valence-corrected chi connectivity index (χ0v) is 29.7. The molecule has 2 aliphatic rings. The van der Waals surface area contributed by atoms with Gasteiger partial charge < -0.3 is 30.5 Å². The summed E-state index contributed by atoms with van der Waals surface area (Å²) in [4.78, 5) is 40.1. The molecule has 0 radical (unpaired) electrons. The number of benzene rings is 4. The van der Waals surface area contributed by atoms with Gasteiger partial charge in [-0.2, -0.15) is 0 Å². The first-order valence-corrected chi connectivity index (χ1v) is 17.1. The largest absolute Gasteiger partial charge is 0.495 e. The zero-order chi connectivity index (χ0) is 36.0. The second-order valence-corrected chi connectivity index (χ2v) is 15.1. The lowest BCUT2D eigenvalue weighted by atomic mass is 9.63. The number of carbonyl (C=O) groups is 3. The van der Waals surface area contributed by atoms with Crippen LogP contribution in [0, 0.1) is 5.41 Å². The molecule has 9 nitrogen and oxygen atoms in total. The number of halogens is 2. The van der Waals surface area contributed by atoms with Crippen molar-refractivity contribution in [2.45, 2.75) is 57.2 Å². The first kappa shape index (κ1) is 35.3. The Morgan fingerprint density at radius 1 is 0.940 bits per heavy atom. The van der Waals surface area contributed by atoms with Crippen LogP contribution in [0.3, 0.4) is 0 Å². The van der Waals surface area contributed by atoms with Gasteiger partial charge in [-0.05, 0) is 83.1 Å². The Morgan fingerprint density at radius 2 is 1.62 bits per heavy atom. The molecule has 1 amide bonds. The standard InChI is InChI=1S/C39H39Cl2N3O6/c1-38(2,3)19-32-39(21-44(30-16-14-25(40)18-27(30)39)20-22-9-11-23(12-10-22)36(46)47)33(26-7-5-6-8-28(26)41)34(43-32)35(45)42-29-15-13-24(37(48)49)17-31(29)50-4/h5-18,32-34,43H,19-21H2,1-4H3,(H,42,45)(H,46,47)(H,48,49)/t32-,33+,34+,39-/m0/s1. The molecular weight excluding hydrogens is 677 g/mol. The summed E-state index contributed by atoms with van der Waals surface area (Å²) in [5.74, 6) is -2.65. The number of fused-ring (bicyclic) bond motifs is 2. The summed E-state index contributed by atoms with van der Waals surface area (Å²) in [7, 11) is 1.42. The number of aromatic carboxylic acids is 2. The Bertz CT molecular complexity index is 1960. The minimum Gasteiger partial charge on any atom is -0.495 e. The number of methoxy groups -OCH3 is 1. The Balaban J connectivity index is 1.50. The van der Waals surface area contributed by atoms with Crippen molar-refractivity contribution in [3.05, 3.63) is 123 Å². The van der Waals surface area contributed by atoms with Crippen LogP contribution in [0.4, 0.5) is 11.4 Å². The van der Waals surface area contributed by atoms with Gasteiger partial charge in [0.25, 0.3) is 0 Å². The second-order valence-electron chi connectivity index (χ2n) is 14.2. The second kappa shape index (κ2) is 13.6. The third-order valence-electron chi connectivity index (χ3n) is 9.76. The molecule has 1 fully saturated rings. The summed E-state index contributed by atoms with van der Waals surface area (Å²) in [6, 6.07) is 23.7. The average Bonchev–Trinajstić information content (AvgIpc) is 3.54. The Hall–Kier alpha value is -4.57. The van der Waals surface area contributed by atoms with Gasteiger partial charge in [-0.25, -0.2) is 9.59 Å². The van der Waals surface area contributed by atoms with Gasteiger partial charge in [0, 0.05) is 46.2 Å². The molecule has 4 atom stereocenters. The molecule has 0 aromatic heterocycles. The van der Waals surface area contributed by atoms with Crippen molar-refractivity contribution in [3.63, 3.8) is 0 Å². The number of carbonyl (C=O) groups excluding carboxylic acids is 1. The van der Waals surface area contributed by atoms with Crippen molar-refractivity contribution in [2.24, 2.45) is 5.41 Å². The normalized spacial score (nSPS) is 21.2. The van der Waals surface area contributed by atoms with Gasteiger partial charge in [-0.1, -0.05) is 74.3 Å². The smallest absolute Gasteiger partial charge is 0.335 e. The van der Waals surface area contributed by atoms with Gasteiger partial charge in [-0.3, -0.25) is 4.79 Å². The minimum absolute atomic E-state index is 0.0362. The SMILES string of the molecule is COc1cc(C(=O)O)ccc1NC(=O)[C@@H]1N[C@@H](CC(C)(C)C)[C@@]2(CN(Cc3ccc(C(=O)O)cc3)c3ccc(Cl)cc32)[C@@H]1c1ccccc1Cl. The van der Waals surface area contributed by atoms with Crippen molar-refractivity contribution >= 4 is 52.4 Å². The van der Waals surface area contributed by atoms with Crippen LogP contribution in [0.15, 0.2) is 84.9 Å². The number of nitrogens with one attached hydrogen (secondary N) is 2. The third-order valence-corrected chi connectivity index (χ3v) is 10.3. The molecule has 2 aliphatic heterocycles. The molecule has 260 valence electrons. The van der Waals surface area contributed by atoms with Crippen LogP contribution in [0.2, 0.25) is 10.0 Å². The van der Waals surface area contributed by atoms with E-state index in [1.807, 2.05) is 54.6 Å². The maximum absolute atomic E-state index is 14.6. The molecule has 4 aromatic carbocycles. The van der Waals surface area contributed by atoms with Crippen LogP contribution >= 0.6 is 23.2 Å². The number of rotatable bonds is 9. The van der Waals surface area contributed by atoms with Gasteiger partial charge in [0.15, 0.2) is 0 Å². The molecular formula is C39H39Cl2N3O6. The molecule has 0 unspecified atom stereocenters. The van der Waals surface area contributed by atoms with E-state index in [0.717, 1.165) is 22.4 Å². The summed E-state index contributed by atoms with van der Waals surface area (Å²) in [5.41, 5.74) is 3.47. The predicted octanol–water partition coefficient (Wildman–Crippen LogP) is 7.86. The highest BCUT2D eigenvalue weighted by Gasteiger charge is 2.62. The van der Waals surface area contributed by atoms with E-state index < -0.39 is 29.3 Å². The number of hydrogen-bond donors (Lipinski definition) is 4. The van der Waals surface area contributed by atoms with Gasteiger partial charge in [0.05, 0.1) is 30.0 Å². The first-order valence-electron chi connectivity index (χ1n) is 16.3. The van der Waals surface area contributed by atoms with Crippen LogP contribution in [-0.2, 0) is 16.8 Å². The monoisotopic (exact) mass is 715 g/mol. The quantitative estimate of drug-likeness (QED) is 0.138. The van der Waals surface area contributed by atoms with Crippen LogP contribution in [-0.4, -0.2) is 53.8 Å². The predicted molar refractivity (Wildman–Crippen MR) is 195 cm³/mol. The molecule has 50 heavy (non-hydrogen) atoms. The van der Waals surface area contributed by atoms with E-state index >= 15 is 0 Å². The number of amides is 1. The van der Waals surface area contributed by atoms with E-state index in [1.54, 1.807) is 12.1 Å². The highest BCUT2D eigenvalue weighted by atomic mass is 35.5. The number of hydrogen-bond acceptors (Lipinski definition) is 6. The number of nitrogens with zero attached hydrogens (tertiary/aromatic N) is 1. The van der Waals surface area contributed by atoms with Crippen LogP contribution < -0.4 is 20.3 Å². The number of carboxylic acid groups (broad SMARTS) is 2. The zero-order valence-electron chi connectivity index (χ0n) is 28.2. The van der Waals surface area contributed by atoms with Crippen molar-refractivity contribution < 1.29 is 29.3 Å². The van der Waals surface area contributed by atoms with Gasteiger partial charge in [-0.15, -0.1) is 0 Å². The van der Waals surface area contributed by atoms with Crippen LogP contribution in [0.25, 0.3) is 0 Å². The number of anilines is 2. The minimum atomic E-state index is -1.11. The summed E-state index contributed by atoms with van der Waals surface area (Å²) in [6.45, 7) is 7.53. The summed E-state index contributed by atoms with van der Waals surface area (Å²) >= 11 is 13.8.